The quantitative estimate of drug-likeness (QED) is 0.307. The van der Waals surface area contributed by atoms with Crippen LogP contribution in [0.1, 0.15) is 26.7 Å². The maximum atomic E-state index is 5.13. The third-order valence-electron chi connectivity index (χ3n) is 2.46. The van der Waals surface area contributed by atoms with E-state index in [1.807, 2.05) is 0 Å². The molecule has 4 heteroatoms. The molecule has 0 aromatic carbocycles. The lowest BCUT2D eigenvalue weighted by atomic mass is 9.67. The minimum absolute atomic E-state index is 0.376. The number of nitrogens with two attached hydrogens (primary N) is 1. The highest BCUT2D eigenvalue weighted by Gasteiger charge is 2.38. The molecular formula is C7H15N3S. The van der Waals surface area contributed by atoms with Crippen molar-refractivity contribution in [3.63, 3.8) is 0 Å². The van der Waals surface area contributed by atoms with Gasteiger partial charge in [0.05, 0.1) is 0 Å². The van der Waals surface area contributed by atoms with Crippen LogP contribution in [0.4, 0.5) is 0 Å². The van der Waals surface area contributed by atoms with Gasteiger partial charge in [-0.3, -0.25) is 0 Å². The summed E-state index contributed by atoms with van der Waals surface area (Å²) in [5, 5.41) is 3.70. The number of hydrazine groups is 1. The molecular weight excluding hydrogens is 158 g/mol. The molecule has 0 heterocycles. The van der Waals surface area contributed by atoms with E-state index in [1.165, 1.54) is 12.8 Å². The first-order chi connectivity index (χ1) is 5.06. The summed E-state index contributed by atoms with van der Waals surface area (Å²) in [5.41, 5.74) is 2.80. The van der Waals surface area contributed by atoms with Crippen molar-refractivity contribution < 1.29 is 0 Å². The third kappa shape index (κ3) is 1.81. The number of nitrogens with one attached hydrogen (secondary N) is 2. The first-order valence-corrected chi connectivity index (χ1v) is 4.24. The largest absolute Gasteiger partial charge is 0.358 e. The zero-order valence-electron chi connectivity index (χ0n) is 6.98. The lowest BCUT2D eigenvalue weighted by Gasteiger charge is -2.45. The van der Waals surface area contributed by atoms with Crippen LogP contribution in [-0.2, 0) is 0 Å². The number of thiocarbonyl (C=S) groups is 1. The fourth-order valence-corrected chi connectivity index (χ4v) is 1.48. The minimum Gasteiger partial charge on any atom is -0.358 e. The fourth-order valence-electron chi connectivity index (χ4n) is 1.33. The van der Waals surface area contributed by atoms with Crippen molar-refractivity contribution in [3.8, 4) is 0 Å². The van der Waals surface area contributed by atoms with Crippen LogP contribution in [0, 0.1) is 5.41 Å². The van der Waals surface area contributed by atoms with Gasteiger partial charge in [-0.2, -0.15) is 0 Å². The van der Waals surface area contributed by atoms with Gasteiger partial charge in [-0.1, -0.05) is 13.8 Å². The lowest BCUT2D eigenvalue weighted by Crippen LogP contribution is -2.55. The normalized spacial score (nSPS) is 27.0. The van der Waals surface area contributed by atoms with Gasteiger partial charge in [0.1, 0.15) is 0 Å². The monoisotopic (exact) mass is 173 g/mol. The standard InChI is InChI=1S/C7H15N3S/c1-7(2)4-3-5(7)9-6(11)10-8/h5H,3-4,8H2,1-2H3,(H2,9,10,11). The third-order valence-corrected chi connectivity index (χ3v) is 2.69. The van der Waals surface area contributed by atoms with Crippen LogP contribution in [0.5, 0.6) is 0 Å². The topological polar surface area (TPSA) is 50.1 Å². The zero-order chi connectivity index (χ0) is 8.48. The molecule has 11 heavy (non-hydrogen) atoms. The van der Waals surface area contributed by atoms with Crippen LogP contribution >= 0.6 is 12.2 Å². The Hall–Kier alpha value is -0.350. The van der Waals surface area contributed by atoms with E-state index in [9.17, 15) is 0 Å². The molecule has 64 valence electrons. The van der Waals surface area contributed by atoms with E-state index in [0.717, 1.165) is 0 Å². The predicted molar refractivity (Wildman–Crippen MR) is 49.9 cm³/mol. The first kappa shape index (κ1) is 8.74. The van der Waals surface area contributed by atoms with Gasteiger partial charge in [0.2, 0.25) is 0 Å². The highest BCUT2D eigenvalue weighted by molar-refractivity contribution is 7.80. The molecule has 1 aliphatic rings. The Morgan fingerprint density at radius 1 is 1.64 bits per heavy atom. The van der Waals surface area contributed by atoms with Crippen LogP contribution in [0.2, 0.25) is 0 Å². The summed E-state index contributed by atoms with van der Waals surface area (Å²) >= 11 is 4.89. The molecule has 0 spiro atoms. The van der Waals surface area contributed by atoms with Crippen molar-refractivity contribution in [2.75, 3.05) is 0 Å². The van der Waals surface area contributed by atoms with Gasteiger partial charge in [0.25, 0.3) is 0 Å². The molecule has 0 amide bonds. The van der Waals surface area contributed by atoms with Crippen LogP contribution < -0.4 is 16.6 Å². The molecule has 0 aromatic heterocycles. The van der Waals surface area contributed by atoms with Crippen molar-refractivity contribution in [1.29, 1.82) is 0 Å². The summed E-state index contributed by atoms with van der Waals surface area (Å²) in [6.07, 6.45) is 2.45. The van der Waals surface area contributed by atoms with Gasteiger partial charge in [-0.05, 0) is 30.5 Å². The summed E-state index contributed by atoms with van der Waals surface area (Å²) < 4.78 is 0. The molecule has 1 atom stereocenters. The Bertz CT molecular complexity index is 167. The van der Waals surface area contributed by atoms with Crippen molar-refractivity contribution in [2.45, 2.75) is 32.7 Å². The molecule has 1 aliphatic carbocycles. The number of rotatable bonds is 1. The van der Waals surface area contributed by atoms with Crippen LogP contribution in [0.3, 0.4) is 0 Å². The van der Waals surface area contributed by atoms with E-state index in [4.69, 9.17) is 18.1 Å². The van der Waals surface area contributed by atoms with E-state index in [2.05, 4.69) is 24.6 Å². The molecule has 0 aliphatic heterocycles. The SMILES string of the molecule is CC1(C)CCC1NC(=S)NN. The lowest BCUT2D eigenvalue weighted by molar-refractivity contribution is 0.126. The van der Waals surface area contributed by atoms with Gasteiger partial charge in [0, 0.05) is 6.04 Å². The smallest absolute Gasteiger partial charge is 0.180 e. The fraction of sp³-hybridized carbons (Fsp3) is 0.857. The maximum Gasteiger partial charge on any atom is 0.180 e. The average molecular weight is 173 g/mol. The molecule has 3 nitrogen and oxygen atoms in total. The van der Waals surface area contributed by atoms with Gasteiger partial charge in [-0.25, -0.2) is 5.84 Å². The summed E-state index contributed by atoms with van der Waals surface area (Å²) in [6.45, 7) is 4.46. The average Bonchev–Trinajstić information content (AvgIpc) is 1.98. The highest BCUT2D eigenvalue weighted by atomic mass is 32.1. The summed E-state index contributed by atoms with van der Waals surface area (Å²) in [5.74, 6) is 5.13. The highest BCUT2D eigenvalue weighted by Crippen LogP contribution is 2.39. The van der Waals surface area contributed by atoms with Crippen LogP contribution in [-0.4, -0.2) is 11.2 Å². The molecule has 1 unspecified atom stereocenters. The number of hydrogen-bond donors (Lipinski definition) is 3. The second-order valence-corrected chi connectivity index (χ2v) is 4.11. The van der Waals surface area contributed by atoms with Crippen molar-refractivity contribution >= 4 is 17.3 Å². The van der Waals surface area contributed by atoms with Crippen molar-refractivity contribution in [3.05, 3.63) is 0 Å². The van der Waals surface area contributed by atoms with Crippen molar-refractivity contribution in [1.82, 2.24) is 10.7 Å². The molecule has 0 aromatic rings. The zero-order valence-corrected chi connectivity index (χ0v) is 7.79. The molecule has 1 saturated carbocycles. The molecule has 1 fully saturated rings. The van der Waals surface area contributed by atoms with Gasteiger partial charge in [0.15, 0.2) is 5.11 Å². The van der Waals surface area contributed by atoms with E-state index < -0.39 is 0 Å². The van der Waals surface area contributed by atoms with E-state index in [1.54, 1.807) is 0 Å². The summed E-state index contributed by atoms with van der Waals surface area (Å²) in [4.78, 5) is 0. The Morgan fingerprint density at radius 2 is 2.27 bits per heavy atom. The Balaban J connectivity index is 2.34. The first-order valence-electron chi connectivity index (χ1n) is 3.83. The number of hydrogen-bond acceptors (Lipinski definition) is 2. The molecule has 1 rings (SSSR count). The Kier molecular flexibility index (Phi) is 2.34. The van der Waals surface area contributed by atoms with Gasteiger partial charge < -0.3 is 10.7 Å². The molecule has 0 radical (unpaired) electrons. The van der Waals surface area contributed by atoms with Crippen LogP contribution in [0.25, 0.3) is 0 Å². The Labute approximate surface area is 72.7 Å². The van der Waals surface area contributed by atoms with Crippen LogP contribution in [0.15, 0.2) is 0 Å². The van der Waals surface area contributed by atoms with E-state index in [-0.39, 0.29) is 0 Å². The second kappa shape index (κ2) is 2.95. The van der Waals surface area contributed by atoms with Gasteiger partial charge in [-0.15, -0.1) is 0 Å². The maximum absolute atomic E-state index is 5.13. The van der Waals surface area contributed by atoms with E-state index in [0.29, 0.717) is 16.6 Å². The molecule has 4 N–H and O–H groups in total. The minimum atomic E-state index is 0.376. The molecule has 0 bridgehead atoms. The Morgan fingerprint density at radius 3 is 2.55 bits per heavy atom. The summed E-state index contributed by atoms with van der Waals surface area (Å²) in [6, 6.07) is 0.492. The predicted octanol–water partition coefficient (Wildman–Crippen LogP) is 0.513. The summed E-state index contributed by atoms with van der Waals surface area (Å²) in [7, 11) is 0. The molecule has 0 saturated heterocycles. The van der Waals surface area contributed by atoms with Gasteiger partial charge >= 0.3 is 0 Å². The van der Waals surface area contributed by atoms with E-state index >= 15 is 0 Å². The second-order valence-electron chi connectivity index (χ2n) is 3.70. The van der Waals surface area contributed by atoms with Crippen molar-refractivity contribution in [2.24, 2.45) is 11.3 Å².